The highest BCUT2D eigenvalue weighted by Crippen LogP contribution is 2.34. The molecule has 0 radical (unpaired) electrons. The predicted octanol–water partition coefficient (Wildman–Crippen LogP) is 5.38. The van der Waals surface area contributed by atoms with Crippen LogP contribution in [0.3, 0.4) is 0 Å². The zero-order valence-corrected chi connectivity index (χ0v) is 15.9. The van der Waals surface area contributed by atoms with Crippen LogP contribution in [0.15, 0.2) is 59.0 Å². The van der Waals surface area contributed by atoms with Crippen LogP contribution in [0.1, 0.15) is 5.76 Å². The highest BCUT2D eigenvalue weighted by molar-refractivity contribution is 6.43. The number of hydrogen-bond acceptors (Lipinski definition) is 5. The minimum absolute atomic E-state index is 0.0109. The van der Waals surface area contributed by atoms with Gasteiger partial charge in [-0.05, 0) is 48.5 Å². The highest BCUT2D eigenvalue weighted by Gasteiger charge is 2.12. The van der Waals surface area contributed by atoms with E-state index in [9.17, 15) is 4.79 Å². The van der Waals surface area contributed by atoms with Gasteiger partial charge in [0.2, 0.25) is 0 Å². The fraction of sp³-hybridized carbons (Fsp3) is 0.150. The Morgan fingerprint density at radius 2 is 1.74 bits per heavy atom. The van der Waals surface area contributed by atoms with E-state index in [0.717, 1.165) is 0 Å². The van der Waals surface area contributed by atoms with Crippen molar-refractivity contribution in [2.45, 2.75) is 6.61 Å². The lowest BCUT2D eigenvalue weighted by Crippen LogP contribution is -2.14. The van der Waals surface area contributed by atoms with Crippen LogP contribution >= 0.6 is 23.2 Å². The lowest BCUT2D eigenvalue weighted by atomic mass is 10.2. The number of esters is 1. The molecule has 1 heterocycles. The zero-order chi connectivity index (χ0) is 19.2. The summed E-state index contributed by atoms with van der Waals surface area (Å²) in [6.07, 6.45) is 0. The van der Waals surface area contributed by atoms with E-state index >= 15 is 0 Å². The first kappa shape index (κ1) is 19.1. The van der Waals surface area contributed by atoms with Crippen molar-refractivity contribution >= 4 is 29.2 Å². The van der Waals surface area contributed by atoms with Crippen LogP contribution in [0.25, 0.3) is 11.3 Å². The molecule has 0 unspecified atom stereocenters. The van der Waals surface area contributed by atoms with E-state index in [1.54, 1.807) is 61.7 Å². The second-order valence-electron chi connectivity index (χ2n) is 5.49. The number of halogens is 2. The van der Waals surface area contributed by atoms with E-state index in [2.05, 4.69) is 0 Å². The van der Waals surface area contributed by atoms with Gasteiger partial charge in [0.05, 0.1) is 17.2 Å². The Balaban J connectivity index is 1.52. The number of furan rings is 1. The Morgan fingerprint density at radius 3 is 2.48 bits per heavy atom. The maximum absolute atomic E-state index is 11.8. The van der Waals surface area contributed by atoms with Crippen molar-refractivity contribution in [3.8, 4) is 22.8 Å². The van der Waals surface area contributed by atoms with Gasteiger partial charge in [0, 0.05) is 5.56 Å². The quantitative estimate of drug-likeness (QED) is 0.492. The standard InChI is InChI=1S/C20H16Cl2O5/c1-24-13-5-7-14(8-6-13)25-12-19(23)26-11-15-9-10-18(27-15)16-3-2-4-17(21)20(16)22/h2-10H,11-12H2,1H3. The summed E-state index contributed by atoms with van der Waals surface area (Å²) in [5.41, 5.74) is 0.671. The molecule has 0 saturated carbocycles. The summed E-state index contributed by atoms with van der Waals surface area (Å²) >= 11 is 12.2. The molecule has 27 heavy (non-hydrogen) atoms. The summed E-state index contributed by atoms with van der Waals surface area (Å²) < 4.78 is 21.2. The molecular formula is C20H16Cl2O5. The van der Waals surface area contributed by atoms with Crippen LogP contribution in [-0.2, 0) is 16.1 Å². The Morgan fingerprint density at radius 1 is 1.00 bits per heavy atom. The topological polar surface area (TPSA) is 57.9 Å². The van der Waals surface area contributed by atoms with Crippen molar-refractivity contribution in [1.29, 1.82) is 0 Å². The van der Waals surface area contributed by atoms with Crippen LogP contribution in [0.2, 0.25) is 10.0 Å². The SMILES string of the molecule is COc1ccc(OCC(=O)OCc2ccc(-c3cccc(Cl)c3Cl)o2)cc1. The summed E-state index contributed by atoms with van der Waals surface area (Å²) in [6, 6.07) is 15.6. The first-order valence-electron chi connectivity index (χ1n) is 8.02. The van der Waals surface area contributed by atoms with E-state index in [-0.39, 0.29) is 13.2 Å². The number of hydrogen-bond donors (Lipinski definition) is 0. The first-order chi connectivity index (χ1) is 13.1. The maximum atomic E-state index is 11.8. The van der Waals surface area contributed by atoms with Crippen molar-refractivity contribution in [2.75, 3.05) is 13.7 Å². The normalized spacial score (nSPS) is 10.5. The molecule has 0 atom stereocenters. The van der Waals surface area contributed by atoms with Crippen molar-refractivity contribution in [2.24, 2.45) is 0 Å². The van der Waals surface area contributed by atoms with Gasteiger partial charge in [0.25, 0.3) is 0 Å². The smallest absolute Gasteiger partial charge is 0.344 e. The summed E-state index contributed by atoms with van der Waals surface area (Å²) in [6.45, 7) is -0.219. The number of methoxy groups -OCH3 is 1. The van der Waals surface area contributed by atoms with Gasteiger partial charge in [-0.15, -0.1) is 0 Å². The molecule has 0 saturated heterocycles. The van der Waals surface area contributed by atoms with Crippen LogP contribution in [-0.4, -0.2) is 19.7 Å². The molecular weight excluding hydrogens is 391 g/mol. The monoisotopic (exact) mass is 406 g/mol. The second-order valence-corrected chi connectivity index (χ2v) is 6.28. The van der Waals surface area contributed by atoms with Crippen molar-refractivity contribution in [3.05, 3.63) is 70.4 Å². The summed E-state index contributed by atoms with van der Waals surface area (Å²) in [7, 11) is 1.58. The van der Waals surface area contributed by atoms with E-state index in [4.69, 9.17) is 41.8 Å². The van der Waals surface area contributed by atoms with Gasteiger partial charge in [0.1, 0.15) is 29.6 Å². The van der Waals surface area contributed by atoms with Gasteiger partial charge in [-0.25, -0.2) is 4.79 Å². The number of benzene rings is 2. The minimum atomic E-state index is -0.510. The van der Waals surface area contributed by atoms with Gasteiger partial charge in [0.15, 0.2) is 6.61 Å². The summed E-state index contributed by atoms with van der Waals surface area (Å²) in [4.78, 5) is 11.8. The zero-order valence-electron chi connectivity index (χ0n) is 14.4. The molecule has 0 aliphatic rings. The second kappa shape index (κ2) is 8.84. The van der Waals surface area contributed by atoms with Gasteiger partial charge < -0.3 is 18.6 Å². The third kappa shape index (κ3) is 4.96. The Bertz CT molecular complexity index is 918. The third-order valence-corrected chi connectivity index (χ3v) is 4.49. The minimum Gasteiger partial charge on any atom is -0.497 e. The Kier molecular flexibility index (Phi) is 6.27. The number of carbonyl (C=O) groups is 1. The number of ether oxygens (including phenoxy) is 3. The molecule has 3 rings (SSSR count). The fourth-order valence-electron chi connectivity index (χ4n) is 2.30. The predicted molar refractivity (Wildman–Crippen MR) is 102 cm³/mol. The highest BCUT2D eigenvalue weighted by atomic mass is 35.5. The molecule has 7 heteroatoms. The molecule has 0 amide bonds. The third-order valence-electron chi connectivity index (χ3n) is 3.67. The van der Waals surface area contributed by atoms with Crippen LogP contribution in [0.4, 0.5) is 0 Å². The first-order valence-corrected chi connectivity index (χ1v) is 8.78. The molecule has 2 aromatic carbocycles. The number of carbonyl (C=O) groups excluding carboxylic acids is 1. The molecule has 3 aromatic rings. The van der Waals surface area contributed by atoms with Crippen molar-refractivity contribution < 1.29 is 23.4 Å². The summed E-state index contributed by atoms with van der Waals surface area (Å²) in [5.74, 6) is 1.77. The van der Waals surface area contributed by atoms with Crippen LogP contribution in [0, 0.1) is 0 Å². The average molecular weight is 407 g/mol. The molecule has 0 aliphatic carbocycles. The number of rotatable bonds is 7. The fourth-order valence-corrected chi connectivity index (χ4v) is 2.70. The molecule has 140 valence electrons. The summed E-state index contributed by atoms with van der Waals surface area (Å²) in [5, 5.41) is 0.846. The van der Waals surface area contributed by atoms with Crippen molar-refractivity contribution in [1.82, 2.24) is 0 Å². The molecule has 0 aliphatic heterocycles. The van der Waals surface area contributed by atoms with Gasteiger partial charge in [-0.1, -0.05) is 29.3 Å². The Labute approximate surface area is 166 Å². The van der Waals surface area contributed by atoms with E-state index in [1.165, 1.54) is 0 Å². The lowest BCUT2D eigenvalue weighted by molar-refractivity contribution is -0.147. The Hall–Kier alpha value is -2.63. The lowest BCUT2D eigenvalue weighted by Gasteiger charge is -2.07. The molecule has 1 aromatic heterocycles. The molecule has 0 spiro atoms. The van der Waals surface area contributed by atoms with Crippen molar-refractivity contribution in [3.63, 3.8) is 0 Å². The van der Waals surface area contributed by atoms with Gasteiger partial charge >= 0.3 is 5.97 Å². The largest absolute Gasteiger partial charge is 0.497 e. The molecule has 0 N–H and O–H groups in total. The maximum Gasteiger partial charge on any atom is 0.344 e. The molecule has 5 nitrogen and oxygen atoms in total. The van der Waals surface area contributed by atoms with Crippen LogP contribution in [0.5, 0.6) is 11.5 Å². The molecule has 0 bridgehead atoms. The molecule has 0 fully saturated rings. The van der Waals surface area contributed by atoms with Gasteiger partial charge in [-0.3, -0.25) is 0 Å². The average Bonchev–Trinajstić information content (AvgIpc) is 3.16. The van der Waals surface area contributed by atoms with E-state index in [1.807, 2.05) is 0 Å². The van der Waals surface area contributed by atoms with Crippen LogP contribution < -0.4 is 9.47 Å². The van der Waals surface area contributed by atoms with E-state index in [0.29, 0.717) is 38.6 Å². The van der Waals surface area contributed by atoms with E-state index < -0.39 is 5.97 Å². The van der Waals surface area contributed by atoms with Gasteiger partial charge in [-0.2, -0.15) is 0 Å².